The molecule has 9 heteroatoms. The molecule has 0 heterocycles. The quantitative estimate of drug-likeness (QED) is 0.0469. The number of unbranched alkanes of at least 4 members (excludes halogenated alkanes) is 19. The zero-order valence-electron chi connectivity index (χ0n) is 29.3. The van der Waals surface area contributed by atoms with Gasteiger partial charge in [-0.05, 0) is 32.2 Å². The number of nitrogens with two attached hydrogens (primary N) is 2. The van der Waals surface area contributed by atoms with Crippen LogP contribution in [0.15, 0.2) is 0 Å². The molecule has 0 aromatic rings. The van der Waals surface area contributed by atoms with Crippen LogP contribution in [0.5, 0.6) is 0 Å². The lowest BCUT2D eigenvalue weighted by Gasteiger charge is -2.19. The lowest BCUT2D eigenvalue weighted by atomic mass is 10.1. The number of carbonyl (C=O) groups excluding carboxylic acids is 3. The molecule has 45 heavy (non-hydrogen) atoms. The van der Waals surface area contributed by atoms with E-state index >= 15 is 0 Å². The van der Waals surface area contributed by atoms with Gasteiger partial charge in [0.1, 0.15) is 12.7 Å². The van der Waals surface area contributed by atoms with Gasteiger partial charge in [-0.25, -0.2) is 0 Å². The Morgan fingerprint density at radius 1 is 0.622 bits per heavy atom. The van der Waals surface area contributed by atoms with Gasteiger partial charge in [0, 0.05) is 30.9 Å². The van der Waals surface area contributed by atoms with Crippen LogP contribution in [0.2, 0.25) is 0 Å². The molecule has 8 nitrogen and oxygen atoms in total. The first kappa shape index (κ1) is 43.7. The minimum absolute atomic E-state index is 0.0387. The lowest BCUT2D eigenvalue weighted by molar-refractivity contribution is -0.157. The average Bonchev–Trinajstić information content (AvgIpc) is 3.03. The van der Waals surface area contributed by atoms with Gasteiger partial charge in [-0.15, -0.1) is 0 Å². The van der Waals surface area contributed by atoms with E-state index in [1.54, 1.807) is 0 Å². The Labute approximate surface area is 281 Å². The molecule has 0 aromatic heterocycles. The smallest absolute Gasteiger partial charge is 0.306 e. The van der Waals surface area contributed by atoms with Crippen LogP contribution >= 0.6 is 11.8 Å². The summed E-state index contributed by atoms with van der Waals surface area (Å²) in [6.07, 6.45) is 25.6. The number of carbonyl (C=O) groups is 3. The maximum Gasteiger partial charge on any atom is 0.306 e. The predicted octanol–water partition coefficient (Wildman–Crippen LogP) is 7.98. The Kier molecular flexibility index (Phi) is 33.0. The minimum Gasteiger partial charge on any atom is -0.462 e. The SMILES string of the molecule is CCCCCCCCCCCC(=O)OC[C@H](CSC[C@H](N)C(=O)NCCCCCCN)OC(=O)CCCCCCCCCCC. The molecule has 266 valence electrons. The van der Waals surface area contributed by atoms with Crippen molar-refractivity contribution in [3.63, 3.8) is 0 Å². The molecule has 0 bridgehead atoms. The maximum atomic E-state index is 12.6. The zero-order chi connectivity index (χ0) is 33.2. The molecule has 0 aromatic carbocycles. The molecule has 0 spiro atoms. The minimum atomic E-state index is -0.647. The van der Waals surface area contributed by atoms with Crippen molar-refractivity contribution in [2.24, 2.45) is 11.5 Å². The largest absolute Gasteiger partial charge is 0.462 e. The summed E-state index contributed by atoms with van der Waals surface area (Å²) in [5.74, 6) is 0.153. The van der Waals surface area contributed by atoms with E-state index in [0.29, 0.717) is 37.4 Å². The van der Waals surface area contributed by atoms with E-state index in [1.165, 1.54) is 88.8 Å². The van der Waals surface area contributed by atoms with E-state index < -0.39 is 12.1 Å². The van der Waals surface area contributed by atoms with E-state index in [-0.39, 0.29) is 24.5 Å². The van der Waals surface area contributed by atoms with Crippen LogP contribution in [0, 0.1) is 0 Å². The van der Waals surface area contributed by atoms with Gasteiger partial charge >= 0.3 is 11.9 Å². The summed E-state index contributed by atoms with van der Waals surface area (Å²) < 4.78 is 11.3. The highest BCUT2D eigenvalue weighted by molar-refractivity contribution is 7.99. The highest BCUT2D eigenvalue weighted by Gasteiger charge is 2.19. The third kappa shape index (κ3) is 31.1. The first-order valence-electron chi connectivity index (χ1n) is 18.6. The van der Waals surface area contributed by atoms with Crippen molar-refractivity contribution in [2.45, 2.75) is 180 Å². The van der Waals surface area contributed by atoms with Crippen molar-refractivity contribution < 1.29 is 23.9 Å². The van der Waals surface area contributed by atoms with Gasteiger partial charge in [-0.2, -0.15) is 11.8 Å². The van der Waals surface area contributed by atoms with Crippen LogP contribution in [0.3, 0.4) is 0 Å². The molecule has 0 unspecified atom stereocenters. The van der Waals surface area contributed by atoms with Crippen molar-refractivity contribution in [1.82, 2.24) is 5.32 Å². The van der Waals surface area contributed by atoms with Crippen LogP contribution in [-0.4, -0.2) is 61.2 Å². The summed E-state index contributed by atoms with van der Waals surface area (Å²) >= 11 is 1.45. The third-order valence-electron chi connectivity index (χ3n) is 8.07. The van der Waals surface area contributed by atoms with Gasteiger partial charge in [0.25, 0.3) is 0 Å². The molecule has 5 N–H and O–H groups in total. The third-order valence-corrected chi connectivity index (χ3v) is 9.27. The van der Waals surface area contributed by atoms with Gasteiger partial charge in [0.2, 0.25) is 5.91 Å². The van der Waals surface area contributed by atoms with Gasteiger partial charge < -0.3 is 26.3 Å². The zero-order valence-corrected chi connectivity index (χ0v) is 30.1. The molecular formula is C36H71N3O5S. The van der Waals surface area contributed by atoms with Crippen molar-refractivity contribution in [3.8, 4) is 0 Å². The number of rotatable bonds is 34. The van der Waals surface area contributed by atoms with Crippen LogP contribution in [-0.2, 0) is 23.9 Å². The van der Waals surface area contributed by atoms with Gasteiger partial charge in [-0.1, -0.05) is 129 Å². The van der Waals surface area contributed by atoms with E-state index in [4.69, 9.17) is 20.9 Å². The Balaban J connectivity index is 4.44. The monoisotopic (exact) mass is 658 g/mol. The molecule has 0 saturated heterocycles. The molecule has 1 amide bonds. The number of ether oxygens (including phenoxy) is 2. The second kappa shape index (κ2) is 34.0. The fourth-order valence-electron chi connectivity index (χ4n) is 5.15. The summed E-state index contributed by atoms with van der Waals surface area (Å²) in [6.45, 7) is 5.80. The normalized spacial score (nSPS) is 12.5. The topological polar surface area (TPSA) is 134 Å². The van der Waals surface area contributed by atoms with Gasteiger partial charge in [0.05, 0.1) is 6.04 Å². The molecule has 0 rings (SSSR count). The standard InChI is InChI=1S/C36H71N3O5S/c1-3-5-7-9-11-13-15-17-21-25-34(40)43-29-32(44-35(41)26-22-18-16-14-12-10-8-6-4-2)30-45-31-33(38)36(42)39-28-24-20-19-23-27-37/h32-33H,3-31,37-38H2,1-2H3,(H,39,42)/t32-,33+/m1/s1. The summed E-state index contributed by atoms with van der Waals surface area (Å²) in [5, 5.41) is 2.90. The van der Waals surface area contributed by atoms with E-state index in [1.807, 2.05) is 0 Å². The van der Waals surface area contributed by atoms with Crippen LogP contribution in [0.25, 0.3) is 0 Å². The molecule has 0 radical (unpaired) electrons. The summed E-state index contributed by atoms with van der Waals surface area (Å²) in [7, 11) is 0. The second-order valence-electron chi connectivity index (χ2n) is 12.6. The van der Waals surface area contributed by atoms with Crippen molar-refractivity contribution in [3.05, 3.63) is 0 Å². The fourth-order valence-corrected chi connectivity index (χ4v) is 6.12. The summed E-state index contributed by atoms with van der Waals surface area (Å²) in [4.78, 5) is 37.4. The van der Waals surface area contributed by atoms with Crippen LogP contribution < -0.4 is 16.8 Å². The highest BCUT2D eigenvalue weighted by atomic mass is 32.2. The van der Waals surface area contributed by atoms with Crippen molar-refractivity contribution >= 4 is 29.6 Å². The molecule has 0 aliphatic carbocycles. The number of esters is 2. The lowest BCUT2D eigenvalue weighted by Crippen LogP contribution is -2.43. The number of hydrogen-bond donors (Lipinski definition) is 3. The summed E-state index contributed by atoms with van der Waals surface area (Å²) in [5.41, 5.74) is 11.6. The van der Waals surface area contributed by atoms with Crippen LogP contribution in [0.4, 0.5) is 0 Å². The average molecular weight is 658 g/mol. The van der Waals surface area contributed by atoms with E-state index in [0.717, 1.165) is 64.2 Å². The molecule has 0 saturated carbocycles. The summed E-state index contributed by atoms with van der Waals surface area (Å²) in [6, 6.07) is -0.647. The number of thioether (sulfide) groups is 1. The fraction of sp³-hybridized carbons (Fsp3) is 0.917. The second-order valence-corrected chi connectivity index (χ2v) is 13.7. The number of amides is 1. The molecule has 2 atom stereocenters. The van der Waals surface area contributed by atoms with Crippen LogP contribution in [0.1, 0.15) is 168 Å². The van der Waals surface area contributed by atoms with E-state index in [2.05, 4.69) is 19.2 Å². The number of hydrogen-bond acceptors (Lipinski definition) is 8. The molecule has 0 fully saturated rings. The first-order chi connectivity index (χ1) is 21.9. The highest BCUT2D eigenvalue weighted by Crippen LogP contribution is 2.14. The molecule has 0 aliphatic rings. The Morgan fingerprint density at radius 3 is 1.62 bits per heavy atom. The van der Waals surface area contributed by atoms with Crippen molar-refractivity contribution in [1.29, 1.82) is 0 Å². The van der Waals surface area contributed by atoms with Gasteiger partial charge in [-0.3, -0.25) is 14.4 Å². The van der Waals surface area contributed by atoms with Crippen molar-refractivity contribution in [2.75, 3.05) is 31.2 Å². The first-order valence-corrected chi connectivity index (χ1v) is 19.8. The predicted molar refractivity (Wildman–Crippen MR) is 190 cm³/mol. The molecule has 0 aliphatic heterocycles. The molecular weight excluding hydrogens is 586 g/mol. The van der Waals surface area contributed by atoms with Gasteiger partial charge in [0.15, 0.2) is 0 Å². The Bertz CT molecular complexity index is 698. The maximum absolute atomic E-state index is 12.6. The number of nitrogens with one attached hydrogen (secondary N) is 1. The Hall–Kier alpha value is -1.32. The Morgan fingerprint density at radius 2 is 1.09 bits per heavy atom. The van der Waals surface area contributed by atoms with E-state index in [9.17, 15) is 14.4 Å².